The molecule has 6 aliphatic rings. The molecule has 0 N–H and O–H groups in total. The molecular formula is C30H50B. The van der Waals surface area contributed by atoms with Crippen LogP contribution in [-0.4, -0.2) is 7.28 Å². The minimum absolute atomic E-state index is 0.595. The molecular weight excluding hydrogens is 371 g/mol. The molecule has 0 spiro atoms. The second kappa shape index (κ2) is 6.81. The summed E-state index contributed by atoms with van der Waals surface area (Å²) in [6.07, 6.45) is 18.1. The van der Waals surface area contributed by atoms with E-state index in [0.717, 1.165) is 47.3 Å². The van der Waals surface area contributed by atoms with Crippen LogP contribution in [0.25, 0.3) is 0 Å². The molecule has 6 fully saturated rings. The first-order valence-corrected chi connectivity index (χ1v) is 14.4. The molecule has 6 rings (SSSR count). The van der Waals surface area contributed by atoms with Crippen LogP contribution < -0.4 is 0 Å². The lowest BCUT2D eigenvalue weighted by atomic mass is 9.50. The summed E-state index contributed by atoms with van der Waals surface area (Å²) in [5.74, 6) is 8.22. The lowest BCUT2D eigenvalue weighted by Gasteiger charge is -2.44. The summed E-state index contributed by atoms with van der Waals surface area (Å²) < 4.78 is 0. The Morgan fingerprint density at radius 3 is 1.42 bits per heavy atom. The van der Waals surface area contributed by atoms with Crippen LogP contribution in [0.15, 0.2) is 0 Å². The third-order valence-corrected chi connectivity index (χ3v) is 13.6. The van der Waals surface area contributed by atoms with Crippen LogP contribution in [0.4, 0.5) is 0 Å². The van der Waals surface area contributed by atoms with E-state index in [-0.39, 0.29) is 0 Å². The molecule has 173 valence electrons. The Hall–Kier alpha value is 0.0649. The van der Waals surface area contributed by atoms with Crippen molar-refractivity contribution in [2.24, 2.45) is 69.0 Å². The molecule has 1 radical (unpaired) electrons. The quantitative estimate of drug-likeness (QED) is 0.399. The molecule has 0 unspecified atom stereocenters. The summed E-state index contributed by atoms with van der Waals surface area (Å²) in [4.78, 5) is 0. The van der Waals surface area contributed by atoms with Gasteiger partial charge in [-0.25, -0.2) is 0 Å². The van der Waals surface area contributed by atoms with Gasteiger partial charge >= 0.3 is 0 Å². The maximum Gasteiger partial charge on any atom is 0.110 e. The van der Waals surface area contributed by atoms with Crippen molar-refractivity contribution in [2.45, 2.75) is 118 Å². The smallest absolute Gasteiger partial charge is 0.0767 e. The Kier molecular flexibility index (Phi) is 4.74. The molecule has 31 heavy (non-hydrogen) atoms. The molecule has 0 aromatic rings. The summed E-state index contributed by atoms with van der Waals surface area (Å²) in [5, 5.41) is 0. The second-order valence-electron chi connectivity index (χ2n) is 15.4. The Labute approximate surface area is 194 Å². The van der Waals surface area contributed by atoms with E-state index in [1.165, 1.54) is 51.2 Å². The first kappa shape index (κ1) is 21.6. The Bertz CT molecular complexity index is 662. The zero-order valence-electron chi connectivity index (χ0n) is 21.7. The molecule has 6 aliphatic carbocycles. The molecule has 1 heteroatoms. The van der Waals surface area contributed by atoms with Crippen LogP contribution in [0.1, 0.15) is 106 Å². The van der Waals surface area contributed by atoms with Crippen molar-refractivity contribution < 1.29 is 0 Å². The zero-order chi connectivity index (χ0) is 21.8. The van der Waals surface area contributed by atoms with Gasteiger partial charge in [0, 0.05) is 0 Å². The Balaban J connectivity index is 1.18. The summed E-state index contributed by atoms with van der Waals surface area (Å²) >= 11 is 0. The lowest BCUT2D eigenvalue weighted by Crippen LogP contribution is -2.36. The number of hydrogen-bond donors (Lipinski definition) is 0. The van der Waals surface area contributed by atoms with Gasteiger partial charge in [0.05, 0.1) is 0 Å². The van der Waals surface area contributed by atoms with Gasteiger partial charge in [-0.15, -0.1) is 0 Å². The first-order chi connectivity index (χ1) is 14.6. The Morgan fingerprint density at radius 2 is 1.00 bits per heavy atom. The fraction of sp³-hybridized carbons (Fsp3) is 1.00. The van der Waals surface area contributed by atoms with Crippen LogP contribution in [-0.2, 0) is 0 Å². The highest BCUT2D eigenvalue weighted by Crippen LogP contribution is 2.73. The largest absolute Gasteiger partial charge is 0.110 e. The van der Waals surface area contributed by atoms with Crippen LogP contribution in [0.3, 0.4) is 0 Å². The molecule has 6 saturated carbocycles. The van der Waals surface area contributed by atoms with E-state index in [1.807, 2.05) is 0 Å². The molecule has 0 amide bonds. The van der Waals surface area contributed by atoms with Gasteiger partial charge < -0.3 is 0 Å². The van der Waals surface area contributed by atoms with Gasteiger partial charge in [-0.3, -0.25) is 0 Å². The first-order valence-electron chi connectivity index (χ1n) is 14.4. The van der Waals surface area contributed by atoms with E-state index in [9.17, 15) is 0 Å². The van der Waals surface area contributed by atoms with Crippen molar-refractivity contribution >= 4 is 7.28 Å². The van der Waals surface area contributed by atoms with Crippen molar-refractivity contribution in [2.75, 3.05) is 0 Å². The molecule has 0 aromatic heterocycles. The van der Waals surface area contributed by atoms with Crippen molar-refractivity contribution in [3.63, 3.8) is 0 Å². The van der Waals surface area contributed by atoms with Crippen LogP contribution in [0, 0.1) is 69.0 Å². The normalized spacial score (nSPS) is 55.8. The van der Waals surface area contributed by atoms with Gasteiger partial charge in [0.1, 0.15) is 7.28 Å². The van der Waals surface area contributed by atoms with Gasteiger partial charge in [0.15, 0.2) is 0 Å². The predicted molar refractivity (Wildman–Crippen MR) is 133 cm³/mol. The van der Waals surface area contributed by atoms with Crippen LogP contribution >= 0.6 is 0 Å². The predicted octanol–water partition coefficient (Wildman–Crippen LogP) is 8.50. The molecule has 0 saturated heterocycles. The van der Waals surface area contributed by atoms with Crippen molar-refractivity contribution in [3.8, 4) is 0 Å². The SMILES string of the molecule is CC1(C)CCC[C@@]2(C)[C@@H]3CC[C@H]([C@@H]31)[C@@H]2C[B]C[C@H]1[C@@H]2CC[C@@H]3[C@H]2C(C)(C)CCC[C@@]31C. The van der Waals surface area contributed by atoms with Crippen LogP contribution in [0.5, 0.6) is 0 Å². The molecule has 0 aromatic carbocycles. The van der Waals surface area contributed by atoms with E-state index in [0.29, 0.717) is 21.7 Å². The summed E-state index contributed by atoms with van der Waals surface area (Å²) in [6.45, 7) is 16.0. The van der Waals surface area contributed by atoms with Crippen LogP contribution in [0.2, 0.25) is 12.6 Å². The number of hydrogen-bond acceptors (Lipinski definition) is 0. The summed E-state index contributed by atoms with van der Waals surface area (Å²) in [7, 11) is 2.88. The van der Waals surface area contributed by atoms with E-state index < -0.39 is 0 Å². The minimum atomic E-state index is 0.595. The highest BCUT2D eigenvalue weighted by Gasteiger charge is 2.66. The molecule has 0 aliphatic heterocycles. The van der Waals surface area contributed by atoms with E-state index in [2.05, 4.69) is 48.8 Å². The zero-order valence-corrected chi connectivity index (χ0v) is 21.7. The van der Waals surface area contributed by atoms with Gasteiger partial charge in [0.2, 0.25) is 0 Å². The standard InChI is InChI=1S/C30H50B/c1-27(2)13-7-15-29(5)21-11-9-19(25(21)27)23(29)17-31-18-24-20-10-12-22-26(20)28(3,4)14-8-16-30(22,24)6/h19-26H,7-18H2,1-6H3/t19-,20-,21+,22+,23-,24-,25-,26-,29-,30-/m0/s1. The molecule has 10 atom stereocenters. The topological polar surface area (TPSA) is 0 Å². The van der Waals surface area contributed by atoms with Gasteiger partial charge in [-0.1, -0.05) is 67.0 Å². The summed E-state index contributed by atoms with van der Waals surface area (Å²) in [6, 6.07) is 0. The monoisotopic (exact) mass is 421 g/mol. The maximum absolute atomic E-state index is 2.88. The highest BCUT2D eigenvalue weighted by atomic mass is 14.7. The van der Waals surface area contributed by atoms with E-state index in [1.54, 1.807) is 25.7 Å². The van der Waals surface area contributed by atoms with Crippen molar-refractivity contribution in [3.05, 3.63) is 0 Å². The summed E-state index contributed by atoms with van der Waals surface area (Å²) in [5.41, 5.74) is 2.51. The van der Waals surface area contributed by atoms with E-state index >= 15 is 0 Å². The lowest BCUT2D eigenvalue weighted by molar-refractivity contribution is 0.0939. The van der Waals surface area contributed by atoms with Crippen molar-refractivity contribution in [1.29, 1.82) is 0 Å². The minimum Gasteiger partial charge on any atom is -0.0767 e. The fourth-order valence-electron chi connectivity index (χ4n) is 12.5. The third kappa shape index (κ3) is 2.79. The average Bonchev–Trinajstić information content (AvgIpc) is 3.37. The average molecular weight is 422 g/mol. The van der Waals surface area contributed by atoms with E-state index in [4.69, 9.17) is 0 Å². The maximum atomic E-state index is 2.88. The van der Waals surface area contributed by atoms with Gasteiger partial charge in [-0.05, 0) is 120 Å². The van der Waals surface area contributed by atoms with Gasteiger partial charge in [0.25, 0.3) is 0 Å². The molecule has 0 nitrogen and oxygen atoms in total. The number of rotatable bonds is 4. The third-order valence-electron chi connectivity index (χ3n) is 13.6. The molecule has 0 heterocycles. The van der Waals surface area contributed by atoms with Crippen molar-refractivity contribution in [1.82, 2.24) is 0 Å². The fourth-order valence-corrected chi connectivity index (χ4v) is 12.5. The Morgan fingerprint density at radius 1 is 0.581 bits per heavy atom. The highest BCUT2D eigenvalue weighted by molar-refractivity contribution is 6.35. The second-order valence-corrected chi connectivity index (χ2v) is 15.4. The molecule has 8 bridgehead atoms. The van der Waals surface area contributed by atoms with Gasteiger partial charge in [-0.2, -0.15) is 0 Å².